The minimum absolute atomic E-state index is 0.686. The summed E-state index contributed by atoms with van der Waals surface area (Å²) in [5, 5.41) is 4.71. The van der Waals surface area contributed by atoms with E-state index in [1.165, 1.54) is 50.7 Å². The van der Waals surface area contributed by atoms with E-state index in [9.17, 15) is 0 Å². The van der Waals surface area contributed by atoms with E-state index in [1.807, 2.05) is 0 Å². The average Bonchev–Trinajstić information content (AvgIpc) is 2.93. The Balaban J connectivity index is 1.23. The highest BCUT2D eigenvalue weighted by molar-refractivity contribution is 5.11. The van der Waals surface area contributed by atoms with Gasteiger partial charge in [0.05, 0.1) is 31.1 Å². The van der Waals surface area contributed by atoms with Crippen molar-refractivity contribution in [1.82, 2.24) is 24.5 Å². The van der Waals surface area contributed by atoms with Crippen LogP contribution >= 0.6 is 0 Å². The van der Waals surface area contributed by atoms with Gasteiger partial charge in [0.25, 0.3) is 0 Å². The second-order valence-electron chi connectivity index (χ2n) is 7.42. The molecule has 0 radical (unpaired) electrons. The molecule has 6 nitrogen and oxygen atoms in total. The third kappa shape index (κ3) is 3.31. The molecular formula is C17H29N5O. The maximum atomic E-state index is 5.49. The zero-order chi connectivity index (χ0) is 15.8. The summed E-state index contributed by atoms with van der Waals surface area (Å²) in [6.45, 7) is 15.3. The van der Waals surface area contributed by atoms with Crippen LogP contribution in [-0.4, -0.2) is 82.4 Å². The fourth-order valence-electron chi connectivity index (χ4n) is 3.98. The molecule has 0 unspecified atom stereocenters. The fraction of sp³-hybridized carbons (Fsp3) is 0.824. The van der Waals surface area contributed by atoms with Crippen LogP contribution in [0.25, 0.3) is 0 Å². The molecule has 0 aromatic carbocycles. The quantitative estimate of drug-likeness (QED) is 0.813. The van der Waals surface area contributed by atoms with E-state index in [4.69, 9.17) is 9.84 Å². The molecule has 128 valence electrons. The molecule has 0 N–H and O–H groups in total. The Morgan fingerprint density at radius 1 is 1.17 bits per heavy atom. The van der Waals surface area contributed by atoms with Crippen molar-refractivity contribution < 1.29 is 4.74 Å². The predicted octanol–water partition coefficient (Wildman–Crippen LogP) is 0.624. The summed E-state index contributed by atoms with van der Waals surface area (Å²) < 4.78 is 7.60. The van der Waals surface area contributed by atoms with Gasteiger partial charge in [-0.3, -0.25) is 19.4 Å². The van der Waals surface area contributed by atoms with Gasteiger partial charge < -0.3 is 4.74 Å². The number of hydrogen-bond donors (Lipinski definition) is 0. The summed E-state index contributed by atoms with van der Waals surface area (Å²) in [5.74, 6) is 0. The molecule has 4 rings (SSSR count). The van der Waals surface area contributed by atoms with Crippen molar-refractivity contribution in [2.45, 2.75) is 45.6 Å². The van der Waals surface area contributed by atoms with Crippen molar-refractivity contribution in [3.8, 4) is 0 Å². The monoisotopic (exact) mass is 319 g/mol. The van der Waals surface area contributed by atoms with Gasteiger partial charge in [0, 0.05) is 57.9 Å². The lowest BCUT2D eigenvalue weighted by molar-refractivity contribution is -0.00470. The largest absolute Gasteiger partial charge is 0.373 e. The first-order valence-electron chi connectivity index (χ1n) is 9.03. The first kappa shape index (κ1) is 15.6. The van der Waals surface area contributed by atoms with E-state index in [0.29, 0.717) is 6.04 Å². The Labute approximate surface area is 139 Å². The smallest absolute Gasteiger partial charge is 0.0885 e. The second kappa shape index (κ2) is 6.51. The molecule has 4 heterocycles. The van der Waals surface area contributed by atoms with E-state index in [2.05, 4.69) is 39.3 Å². The summed E-state index contributed by atoms with van der Waals surface area (Å²) in [4.78, 5) is 7.79. The summed E-state index contributed by atoms with van der Waals surface area (Å²) in [6.07, 6.45) is 0. The molecule has 0 aliphatic carbocycles. The average molecular weight is 319 g/mol. The van der Waals surface area contributed by atoms with Crippen LogP contribution in [0.5, 0.6) is 0 Å². The lowest BCUT2D eigenvalue weighted by Gasteiger charge is -2.48. The van der Waals surface area contributed by atoms with Crippen molar-refractivity contribution in [3.05, 3.63) is 17.5 Å². The van der Waals surface area contributed by atoms with E-state index < -0.39 is 0 Å². The van der Waals surface area contributed by atoms with Crippen LogP contribution in [0.15, 0.2) is 6.07 Å². The van der Waals surface area contributed by atoms with Crippen molar-refractivity contribution in [2.24, 2.45) is 0 Å². The number of nitrogens with zero attached hydrogens (tertiary/aromatic N) is 5. The van der Waals surface area contributed by atoms with Gasteiger partial charge in [-0.1, -0.05) is 0 Å². The SMILES string of the molecule is CC(C)N1CCN(C2CN(Cc3cc4n(n3)CCOC4)C2)CC1. The van der Waals surface area contributed by atoms with Crippen LogP contribution in [-0.2, 0) is 24.4 Å². The van der Waals surface area contributed by atoms with Crippen LogP contribution in [0.1, 0.15) is 25.2 Å². The van der Waals surface area contributed by atoms with E-state index in [0.717, 1.165) is 32.3 Å². The van der Waals surface area contributed by atoms with E-state index in [-0.39, 0.29) is 0 Å². The molecule has 2 fully saturated rings. The molecule has 0 atom stereocenters. The van der Waals surface area contributed by atoms with Crippen molar-refractivity contribution in [3.63, 3.8) is 0 Å². The summed E-state index contributed by atoms with van der Waals surface area (Å²) >= 11 is 0. The van der Waals surface area contributed by atoms with E-state index in [1.54, 1.807) is 0 Å². The minimum atomic E-state index is 0.686. The number of fused-ring (bicyclic) bond motifs is 1. The molecule has 3 aliphatic rings. The van der Waals surface area contributed by atoms with Gasteiger partial charge in [0.15, 0.2) is 0 Å². The number of likely N-dealkylation sites (tertiary alicyclic amines) is 1. The zero-order valence-electron chi connectivity index (χ0n) is 14.4. The minimum Gasteiger partial charge on any atom is -0.373 e. The first-order valence-corrected chi connectivity index (χ1v) is 9.03. The van der Waals surface area contributed by atoms with Crippen molar-refractivity contribution in [1.29, 1.82) is 0 Å². The number of aromatic nitrogens is 2. The molecule has 2 saturated heterocycles. The molecule has 6 heteroatoms. The van der Waals surface area contributed by atoms with Crippen molar-refractivity contribution >= 4 is 0 Å². The molecule has 3 aliphatic heterocycles. The third-order valence-corrected chi connectivity index (χ3v) is 5.53. The Kier molecular flexibility index (Phi) is 4.41. The van der Waals surface area contributed by atoms with Crippen LogP contribution in [0.2, 0.25) is 0 Å². The van der Waals surface area contributed by atoms with Gasteiger partial charge >= 0.3 is 0 Å². The molecule has 1 aromatic rings. The second-order valence-corrected chi connectivity index (χ2v) is 7.42. The number of ether oxygens (including phenoxy) is 1. The predicted molar refractivity (Wildman–Crippen MR) is 89.2 cm³/mol. The Morgan fingerprint density at radius 3 is 2.65 bits per heavy atom. The summed E-state index contributed by atoms with van der Waals surface area (Å²) in [6, 6.07) is 3.66. The van der Waals surface area contributed by atoms with Crippen LogP contribution in [0, 0.1) is 0 Å². The topological polar surface area (TPSA) is 36.8 Å². The zero-order valence-corrected chi connectivity index (χ0v) is 14.4. The lowest BCUT2D eigenvalue weighted by Crippen LogP contribution is -2.63. The number of piperazine rings is 1. The molecular weight excluding hydrogens is 290 g/mol. The molecule has 0 saturated carbocycles. The third-order valence-electron chi connectivity index (χ3n) is 5.53. The Bertz CT molecular complexity index is 506. The molecule has 23 heavy (non-hydrogen) atoms. The summed E-state index contributed by atoms with van der Waals surface area (Å²) in [7, 11) is 0. The first-order chi connectivity index (χ1) is 11.2. The Morgan fingerprint density at radius 2 is 1.96 bits per heavy atom. The molecule has 0 spiro atoms. The van der Waals surface area contributed by atoms with Crippen LogP contribution in [0.3, 0.4) is 0 Å². The maximum Gasteiger partial charge on any atom is 0.0885 e. The molecule has 1 aromatic heterocycles. The standard InChI is InChI=1S/C17H29N5O/c1-14(2)20-3-5-21(6-4-20)17-11-19(12-17)10-15-9-16-13-23-8-7-22(16)18-15/h9,14,17H,3-8,10-13H2,1-2H3. The van der Waals surface area contributed by atoms with E-state index >= 15 is 0 Å². The Hall–Kier alpha value is -0.950. The fourth-order valence-corrected chi connectivity index (χ4v) is 3.98. The normalized spacial score (nSPS) is 24.8. The van der Waals surface area contributed by atoms with Crippen molar-refractivity contribution in [2.75, 3.05) is 45.9 Å². The maximum absolute atomic E-state index is 5.49. The highest BCUT2D eigenvalue weighted by atomic mass is 16.5. The highest BCUT2D eigenvalue weighted by Crippen LogP contribution is 2.20. The number of rotatable bonds is 4. The summed E-state index contributed by atoms with van der Waals surface area (Å²) in [5.41, 5.74) is 2.43. The molecule has 0 amide bonds. The molecule has 0 bridgehead atoms. The van der Waals surface area contributed by atoms with Gasteiger partial charge in [0.1, 0.15) is 0 Å². The highest BCUT2D eigenvalue weighted by Gasteiger charge is 2.34. The van der Waals surface area contributed by atoms with Gasteiger partial charge in [-0.05, 0) is 19.9 Å². The van der Waals surface area contributed by atoms with Crippen LogP contribution in [0.4, 0.5) is 0 Å². The van der Waals surface area contributed by atoms with Gasteiger partial charge in [0.2, 0.25) is 0 Å². The number of hydrogen-bond acceptors (Lipinski definition) is 5. The van der Waals surface area contributed by atoms with Crippen LogP contribution < -0.4 is 0 Å². The van der Waals surface area contributed by atoms with Gasteiger partial charge in [-0.15, -0.1) is 0 Å². The lowest BCUT2D eigenvalue weighted by atomic mass is 10.1. The van der Waals surface area contributed by atoms with Gasteiger partial charge in [-0.2, -0.15) is 5.10 Å². The van der Waals surface area contributed by atoms with Gasteiger partial charge in [-0.25, -0.2) is 0 Å².